The monoisotopic (exact) mass is 292 g/mol. The van der Waals surface area contributed by atoms with Gasteiger partial charge in [0.05, 0.1) is 0 Å². The average molecular weight is 292 g/mol. The van der Waals surface area contributed by atoms with Crippen molar-refractivity contribution in [2.75, 3.05) is 0 Å². The van der Waals surface area contributed by atoms with Gasteiger partial charge in [-0.3, -0.25) is 19.2 Å². The highest BCUT2D eigenvalue weighted by Crippen LogP contribution is 2.08. The van der Waals surface area contributed by atoms with Crippen LogP contribution in [0.15, 0.2) is 0 Å². The topological polar surface area (TPSA) is 161 Å². The zero-order chi connectivity index (χ0) is 16.2. The number of hydrogen-bond donors (Lipinski definition) is 4. The van der Waals surface area contributed by atoms with Gasteiger partial charge in [0.2, 0.25) is 12.8 Å². The van der Waals surface area contributed by atoms with E-state index in [2.05, 4.69) is 11.5 Å². The second kappa shape index (κ2) is 22.1. The zero-order valence-corrected chi connectivity index (χ0v) is 11.5. The molecule has 0 aromatic rings. The molecule has 8 nitrogen and oxygen atoms in total. The number of carbonyl (C=O) groups excluding carboxylic acids is 2. The van der Waals surface area contributed by atoms with Crippen LogP contribution >= 0.6 is 0 Å². The van der Waals surface area contributed by atoms with E-state index in [1.54, 1.807) is 0 Å². The molecule has 0 atom stereocenters. The fourth-order valence-corrected chi connectivity index (χ4v) is 1.26. The van der Waals surface area contributed by atoms with Crippen LogP contribution in [0, 0.1) is 0 Å². The first-order chi connectivity index (χ1) is 9.45. The Morgan fingerprint density at radius 3 is 1.10 bits per heavy atom. The van der Waals surface area contributed by atoms with E-state index < -0.39 is 11.9 Å². The maximum Gasteiger partial charge on any atom is 0.303 e. The van der Waals surface area contributed by atoms with Gasteiger partial charge < -0.3 is 21.7 Å². The maximum atomic E-state index is 10.1. The second-order valence-corrected chi connectivity index (χ2v) is 3.68. The molecule has 20 heavy (non-hydrogen) atoms. The molecule has 0 aliphatic rings. The van der Waals surface area contributed by atoms with Crippen molar-refractivity contribution < 1.29 is 29.4 Å². The van der Waals surface area contributed by atoms with Crippen LogP contribution in [0.5, 0.6) is 0 Å². The first-order valence-corrected chi connectivity index (χ1v) is 6.20. The summed E-state index contributed by atoms with van der Waals surface area (Å²) in [5.41, 5.74) is 8.33. The molecule has 0 aromatic heterocycles. The lowest BCUT2D eigenvalue weighted by atomic mass is 10.1. The van der Waals surface area contributed by atoms with E-state index in [9.17, 15) is 9.59 Å². The van der Waals surface area contributed by atoms with Crippen LogP contribution < -0.4 is 11.5 Å². The summed E-state index contributed by atoms with van der Waals surface area (Å²) in [4.78, 5) is 37.5. The van der Waals surface area contributed by atoms with Crippen LogP contribution in [-0.2, 0) is 19.2 Å². The minimum Gasteiger partial charge on any atom is -0.481 e. The summed E-state index contributed by atoms with van der Waals surface area (Å²) >= 11 is 0. The maximum absolute atomic E-state index is 10.1. The van der Waals surface area contributed by atoms with Crippen LogP contribution in [0.25, 0.3) is 0 Å². The number of nitrogens with two attached hydrogens (primary N) is 2. The molecule has 0 unspecified atom stereocenters. The van der Waals surface area contributed by atoms with Gasteiger partial charge in [-0.15, -0.1) is 0 Å². The van der Waals surface area contributed by atoms with Gasteiger partial charge in [0.15, 0.2) is 0 Å². The summed E-state index contributed by atoms with van der Waals surface area (Å²) in [6.07, 6.45) is 6.32. The molecule has 0 heterocycles. The Morgan fingerprint density at radius 2 is 0.900 bits per heavy atom. The first kappa shape index (κ1) is 23.0. The van der Waals surface area contributed by atoms with Crippen molar-refractivity contribution in [3.63, 3.8) is 0 Å². The largest absolute Gasteiger partial charge is 0.481 e. The van der Waals surface area contributed by atoms with E-state index in [1.807, 2.05) is 0 Å². The Hall–Kier alpha value is -2.12. The summed E-state index contributed by atoms with van der Waals surface area (Å²) < 4.78 is 0. The minimum absolute atomic E-state index is 0.245. The van der Waals surface area contributed by atoms with Crippen LogP contribution in [0.3, 0.4) is 0 Å². The lowest BCUT2D eigenvalue weighted by Gasteiger charge is -1.98. The molecular formula is C12H24N2O6. The number of carboxylic acid groups (broad SMARTS) is 2. The molecular weight excluding hydrogens is 268 g/mol. The van der Waals surface area contributed by atoms with Crippen molar-refractivity contribution in [1.29, 1.82) is 0 Å². The SMILES string of the molecule is NC=O.NC=O.O=C(O)CCCCCCCCC(=O)O. The van der Waals surface area contributed by atoms with Crippen molar-refractivity contribution in [2.45, 2.75) is 51.4 Å². The molecule has 0 rings (SSSR count). The van der Waals surface area contributed by atoms with E-state index in [-0.39, 0.29) is 25.7 Å². The third-order valence-electron chi connectivity index (χ3n) is 2.03. The van der Waals surface area contributed by atoms with E-state index >= 15 is 0 Å². The van der Waals surface area contributed by atoms with Crippen molar-refractivity contribution in [1.82, 2.24) is 0 Å². The molecule has 0 spiro atoms. The zero-order valence-electron chi connectivity index (χ0n) is 11.5. The average Bonchev–Trinajstić information content (AvgIpc) is 2.34. The summed E-state index contributed by atoms with van der Waals surface area (Å²) in [6, 6.07) is 0. The fourth-order valence-electron chi connectivity index (χ4n) is 1.26. The summed E-state index contributed by atoms with van der Waals surface area (Å²) in [5.74, 6) is -1.48. The highest BCUT2D eigenvalue weighted by molar-refractivity contribution is 5.66. The summed E-state index contributed by atoms with van der Waals surface area (Å²) in [6.45, 7) is 0. The molecule has 0 bridgehead atoms. The molecule has 2 amide bonds. The molecule has 118 valence electrons. The molecule has 0 saturated heterocycles. The quantitative estimate of drug-likeness (QED) is 0.357. The molecule has 0 radical (unpaired) electrons. The Bertz CT molecular complexity index is 232. The van der Waals surface area contributed by atoms with Crippen LogP contribution in [0.2, 0.25) is 0 Å². The lowest BCUT2D eigenvalue weighted by molar-refractivity contribution is -0.138. The van der Waals surface area contributed by atoms with Crippen LogP contribution in [-0.4, -0.2) is 35.0 Å². The first-order valence-electron chi connectivity index (χ1n) is 6.20. The van der Waals surface area contributed by atoms with Crippen molar-refractivity contribution in [3.8, 4) is 0 Å². The number of carboxylic acids is 2. The van der Waals surface area contributed by atoms with E-state index in [0.29, 0.717) is 0 Å². The van der Waals surface area contributed by atoms with Gasteiger partial charge >= 0.3 is 11.9 Å². The standard InChI is InChI=1S/C10H18O4.2CH3NO/c11-9(12)7-5-3-1-2-4-6-8-10(13)14;2*2-1-3/h1-8H2,(H,11,12)(H,13,14);2*1H,(H2,2,3). The van der Waals surface area contributed by atoms with Gasteiger partial charge in [0.25, 0.3) is 0 Å². The lowest BCUT2D eigenvalue weighted by Crippen LogP contribution is -1.94. The van der Waals surface area contributed by atoms with Crippen LogP contribution in [0.4, 0.5) is 0 Å². The summed E-state index contributed by atoms with van der Waals surface area (Å²) in [7, 11) is 0. The minimum atomic E-state index is -0.740. The second-order valence-electron chi connectivity index (χ2n) is 3.68. The number of primary amides is 2. The Balaban J connectivity index is -0.000000408. The van der Waals surface area contributed by atoms with Gasteiger partial charge in [0.1, 0.15) is 0 Å². The molecule has 0 saturated carbocycles. The normalized spacial score (nSPS) is 8.20. The highest BCUT2D eigenvalue weighted by Gasteiger charge is 1.98. The predicted octanol–water partition coefficient (Wildman–Crippen LogP) is 0.479. The van der Waals surface area contributed by atoms with Gasteiger partial charge in [-0.1, -0.05) is 25.7 Å². The molecule has 0 aliphatic carbocycles. The Morgan fingerprint density at radius 1 is 0.700 bits per heavy atom. The Labute approximate surface area is 118 Å². The number of rotatable bonds is 9. The smallest absolute Gasteiger partial charge is 0.303 e. The number of hydrogen-bond acceptors (Lipinski definition) is 4. The molecule has 8 heteroatoms. The number of aliphatic carboxylic acids is 2. The van der Waals surface area contributed by atoms with Gasteiger partial charge in [-0.25, -0.2) is 0 Å². The van der Waals surface area contributed by atoms with Gasteiger partial charge in [-0.2, -0.15) is 0 Å². The van der Waals surface area contributed by atoms with E-state index in [4.69, 9.17) is 19.8 Å². The third-order valence-corrected chi connectivity index (χ3v) is 2.03. The third kappa shape index (κ3) is 44.6. The number of amides is 2. The molecule has 0 fully saturated rings. The van der Waals surface area contributed by atoms with E-state index in [0.717, 1.165) is 38.5 Å². The molecule has 0 aromatic carbocycles. The predicted molar refractivity (Wildman–Crippen MR) is 72.7 cm³/mol. The summed E-state index contributed by atoms with van der Waals surface area (Å²) in [5, 5.41) is 16.7. The van der Waals surface area contributed by atoms with Crippen molar-refractivity contribution in [2.24, 2.45) is 11.5 Å². The van der Waals surface area contributed by atoms with Gasteiger partial charge in [0, 0.05) is 12.8 Å². The van der Waals surface area contributed by atoms with Crippen molar-refractivity contribution in [3.05, 3.63) is 0 Å². The van der Waals surface area contributed by atoms with Crippen molar-refractivity contribution >= 4 is 24.8 Å². The molecule has 6 N–H and O–H groups in total. The highest BCUT2D eigenvalue weighted by atomic mass is 16.4. The van der Waals surface area contributed by atoms with E-state index in [1.165, 1.54) is 0 Å². The molecule has 0 aliphatic heterocycles. The van der Waals surface area contributed by atoms with Gasteiger partial charge in [-0.05, 0) is 12.8 Å². The number of carbonyl (C=O) groups is 4. The van der Waals surface area contributed by atoms with Crippen LogP contribution in [0.1, 0.15) is 51.4 Å². The fraction of sp³-hybridized carbons (Fsp3) is 0.667. The Kier molecular flexibility index (Phi) is 25.4. The number of unbranched alkanes of at least 4 members (excludes halogenated alkanes) is 5.